The van der Waals surface area contributed by atoms with Crippen molar-refractivity contribution in [3.8, 4) is 0 Å². The minimum Gasteiger partial charge on any atom is -0.501 e. The van der Waals surface area contributed by atoms with Gasteiger partial charge in [0.05, 0.1) is 0 Å². The van der Waals surface area contributed by atoms with Crippen LogP contribution in [0, 0.1) is 13.5 Å². The maximum atomic E-state index is 3.10. The van der Waals surface area contributed by atoms with Crippen molar-refractivity contribution in [3.05, 3.63) is 19.6 Å². The minimum absolute atomic E-state index is 0. The van der Waals surface area contributed by atoms with Gasteiger partial charge in [-0.25, -0.2) is 0 Å². The molecule has 1 rings (SSSR count). The zero-order valence-corrected chi connectivity index (χ0v) is 5.76. The molecule has 0 aliphatic heterocycles. The van der Waals surface area contributed by atoms with Gasteiger partial charge in [-0.2, -0.15) is 6.42 Å². The molecule has 1 aliphatic carbocycles. The van der Waals surface area contributed by atoms with Gasteiger partial charge in [0.15, 0.2) is 0 Å². The van der Waals surface area contributed by atoms with Crippen LogP contribution in [0.5, 0.6) is 0 Å². The topological polar surface area (TPSA) is 0 Å². The van der Waals surface area contributed by atoms with E-state index in [0.717, 1.165) is 0 Å². The Morgan fingerprint density at radius 1 is 1.43 bits per heavy atom. The molecule has 0 heterocycles. The van der Waals surface area contributed by atoms with Crippen molar-refractivity contribution < 1.29 is 17.1 Å². The molecule has 0 N–H and O–H groups in total. The van der Waals surface area contributed by atoms with E-state index in [-0.39, 0.29) is 24.5 Å². The molecule has 0 nitrogen and oxygen atoms in total. The van der Waals surface area contributed by atoms with Gasteiger partial charge >= 0.3 is 17.1 Å². The van der Waals surface area contributed by atoms with Crippen LogP contribution in [0.4, 0.5) is 0 Å². The van der Waals surface area contributed by atoms with Gasteiger partial charge in [-0.1, -0.05) is 12.8 Å². The number of rotatable bonds is 0. The predicted molar refractivity (Wildman–Crippen MR) is 28.1 cm³/mol. The fourth-order valence-electron chi connectivity index (χ4n) is 0.510. The summed E-state index contributed by atoms with van der Waals surface area (Å²) in [6, 6.07) is 0. The number of hydrogen-bond donors (Lipinski definition) is 0. The fraction of sp³-hybridized carbons (Fsp3) is 0.500. The molecule has 0 saturated heterocycles. The van der Waals surface area contributed by atoms with E-state index in [1.54, 1.807) is 0 Å². The number of hydrogen-bond acceptors (Lipinski definition) is 0. The van der Waals surface area contributed by atoms with Crippen LogP contribution >= 0.6 is 0 Å². The largest absolute Gasteiger partial charge is 2.00 e. The van der Waals surface area contributed by atoms with Gasteiger partial charge in [-0.15, -0.1) is 0 Å². The van der Waals surface area contributed by atoms with E-state index in [4.69, 9.17) is 0 Å². The minimum atomic E-state index is 0. The quantitative estimate of drug-likeness (QED) is 0.353. The smallest absolute Gasteiger partial charge is 0.501 e. The molecule has 0 aromatic rings. The van der Waals surface area contributed by atoms with E-state index in [9.17, 15) is 0 Å². The maximum Gasteiger partial charge on any atom is 2.00 e. The van der Waals surface area contributed by atoms with Crippen LogP contribution in [-0.4, -0.2) is 0 Å². The molecule has 1 heteroatoms. The normalized spacial score (nSPS) is 14.9. The van der Waals surface area contributed by atoms with Crippen LogP contribution < -0.4 is 0 Å². The van der Waals surface area contributed by atoms with Gasteiger partial charge in [-0.05, 0) is 0 Å². The van der Waals surface area contributed by atoms with Crippen LogP contribution in [0.2, 0.25) is 0 Å². The standard InChI is InChI=1S/C5H7.CH3.Mn/c1-2-4-5-3-1;;/h1H,2,4-5H2;1H3;/q2*-1;+2. The molecule has 41 valence electrons. The summed E-state index contributed by atoms with van der Waals surface area (Å²) in [6.07, 6.45) is 9.00. The number of allylic oxidation sites excluding steroid dienone is 2. The molecule has 1 aliphatic rings. The Morgan fingerprint density at radius 3 is 2.29 bits per heavy atom. The van der Waals surface area contributed by atoms with Crippen molar-refractivity contribution in [1.82, 2.24) is 0 Å². The monoisotopic (exact) mass is 137 g/mol. The van der Waals surface area contributed by atoms with Gasteiger partial charge in [-0.3, -0.25) is 6.08 Å². The van der Waals surface area contributed by atoms with E-state index < -0.39 is 0 Å². The second kappa shape index (κ2) is 6.26. The van der Waals surface area contributed by atoms with E-state index in [2.05, 4.69) is 12.2 Å². The third-order valence-corrected chi connectivity index (χ3v) is 0.814. The van der Waals surface area contributed by atoms with Crippen LogP contribution in [0.3, 0.4) is 0 Å². The summed E-state index contributed by atoms with van der Waals surface area (Å²) < 4.78 is 0. The van der Waals surface area contributed by atoms with Crippen molar-refractivity contribution in [1.29, 1.82) is 0 Å². The molecule has 0 spiro atoms. The van der Waals surface area contributed by atoms with Gasteiger partial charge in [0.1, 0.15) is 0 Å². The van der Waals surface area contributed by atoms with Gasteiger partial charge in [0.25, 0.3) is 0 Å². The second-order valence-electron chi connectivity index (χ2n) is 1.30. The average molecular weight is 137 g/mol. The SMILES string of the molecule is [C-]1=CCCC1.[CH3-].[Mn+2]. The summed E-state index contributed by atoms with van der Waals surface area (Å²) in [6.45, 7) is 0. The maximum absolute atomic E-state index is 3.10. The van der Waals surface area contributed by atoms with Crippen molar-refractivity contribution in [2.75, 3.05) is 0 Å². The zero-order chi connectivity index (χ0) is 3.54. The molecule has 1 radical (unpaired) electrons. The Labute approximate surface area is 56.5 Å². The van der Waals surface area contributed by atoms with Crippen LogP contribution in [0.15, 0.2) is 6.08 Å². The summed E-state index contributed by atoms with van der Waals surface area (Å²) in [5.41, 5.74) is 0. The van der Waals surface area contributed by atoms with Gasteiger partial charge in [0.2, 0.25) is 0 Å². The first-order chi connectivity index (χ1) is 2.50. The van der Waals surface area contributed by atoms with Crippen LogP contribution in [0.25, 0.3) is 0 Å². The van der Waals surface area contributed by atoms with Gasteiger partial charge in [0, 0.05) is 0 Å². The van der Waals surface area contributed by atoms with Crippen molar-refractivity contribution in [2.45, 2.75) is 19.3 Å². The fourth-order valence-corrected chi connectivity index (χ4v) is 0.510. The molecule has 0 saturated carbocycles. The van der Waals surface area contributed by atoms with Crippen LogP contribution in [0.1, 0.15) is 19.3 Å². The molecule has 0 aromatic carbocycles. The van der Waals surface area contributed by atoms with E-state index in [1.807, 2.05) is 0 Å². The van der Waals surface area contributed by atoms with E-state index >= 15 is 0 Å². The average Bonchev–Trinajstić information content (AvgIpc) is 1.76. The Balaban J connectivity index is 0. The molecule has 0 fully saturated rings. The van der Waals surface area contributed by atoms with Gasteiger partial charge < -0.3 is 13.5 Å². The zero-order valence-electron chi connectivity index (χ0n) is 4.58. The molecule has 0 aromatic heterocycles. The third-order valence-electron chi connectivity index (χ3n) is 0.814. The third kappa shape index (κ3) is 4.11. The Hall–Kier alpha value is 0.259. The molecule has 0 atom stereocenters. The molecule has 0 unspecified atom stereocenters. The second-order valence-corrected chi connectivity index (χ2v) is 1.30. The Kier molecular flexibility index (Phi) is 9.19. The molecule has 0 bridgehead atoms. The molecule has 7 heavy (non-hydrogen) atoms. The summed E-state index contributed by atoms with van der Waals surface area (Å²) >= 11 is 0. The summed E-state index contributed by atoms with van der Waals surface area (Å²) in [7, 11) is 0. The summed E-state index contributed by atoms with van der Waals surface area (Å²) in [5, 5.41) is 0. The first-order valence-electron chi connectivity index (χ1n) is 2.05. The van der Waals surface area contributed by atoms with Crippen molar-refractivity contribution in [2.24, 2.45) is 0 Å². The van der Waals surface area contributed by atoms with E-state index in [0.29, 0.717) is 0 Å². The van der Waals surface area contributed by atoms with Crippen molar-refractivity contribution in [3.63, 3.8) is 0 Å². The van der Waals surface area contributed by atoms with Crippen LogP contribution in [-0.2, 0) is 17.1 Å². The first kappa shape index (κ1) is 10.3. The first-order valence-corrected chi connectivity index (χ1v) is 2.05. The predicted octanol–water partition coefficient (Wildman–Crippen LogP) is 1.98. The molecule has 0 amide bonds. The van der Waals surface area contributed by atoms with Crippen molar-refractivity contribution >= 4 is 0 Å². The Morgan fingerprint density at radius 2 is 2.14 bits per heavy atom. The summed E-state index contributed by atoms with van der Waals surface area (Å²) in [4.78, 5) is 0. The Bertz CT molecular complexity index is 42.1. The summed E-state index contributed by atoms with van der Waals surface area (Å²) in [5.74, 6) is 0. The van der Waals surface area contributed by atoms with E-state index in [1.165, 1.54) is 19.3 Å². The molecular formula is C6H10Mn. The molecular weight excluding hydrogens is 127 g/mol.